The number of carbonyl (C=O) groups excluding carboxylic acids is 1. The van der Waals surface area contributed by atoms with Gasteiger partial charge in [0.25, 0.3) is 0 Å². The van der Waals surface area contributed by atoms with Crippen LogP contribution in [0.1, 0.15) is 6.92 Å². The van der Waals surface area contributed by atoms with Crippen molar-refractivity contribution in [3.63, 3.8) is 0 Å². The van der Waals surface area contributed by atoms with Crippen LogP contribution in [-0.4, -0.2) is 23.8 Å². The third-order valence-corrected chi connectivity index (χ3v) is 2.42. The number of ether oxygens (including phenoxy) is 2. The van der Waals surface area contributed by atoms with E-state index in [1.807, 2.05) is 0 Å². The fraction of sp³-hybridized carbons (Fsp3) is 0.333. The van der Waals surface area contributed by atoms with Crippen molar-refractivity contribution in [3.8, 4) is 5.75 Å². The number of rotatable bonds is 4. The highest BCUT2D eigenvalue weighted by Gasteiger charge is 2.08. The molecule has 18 heavy (non-hydrogen) atoms. The number of aromatic nitrogens is 1. The Labute approximate surface area is 103 Å². The summed E-state index contributed by atoms with van der Waals surface area (Å²) >= 11 is 0. The number of oxazole rings is 1. The molecule has 0 atom stereocenters. The molecule has 6 heteroatoms. The van der Waals surface area contributed by atoms with Crippen molar-refractivity contribution < 1.29 is 18.7 Å². The molecule has 0 spiro atoms. The van der Waals surface area contributed by atoms with Gasteiger partial charge in [-0.2, -0.15) is 0 Å². The third-order valence-electron chi connectivity index (χ3n) is 2.42. The zero-order valence-electron chi connectivity index (χ0n) is 10.1. The molecule has 0 radical (unpaired) electrons. The van der Waals surface area contributed by atoms with E-state index in [1.54, 1.807) is 32.2 Å². The first-order valence-electron chi connectivity index (χ1n) is 5.50. The Morgan fingerprint density at radius 1 is 1.44 bits per heavy atom. The van der Waals surface area contributed by atoms with Crippen LogP contribution in [0.4, 0.5) is 0 Å². The van der Waals surface area contributed by atoms with Gasteiger partial charge in [0, 0.05) is 13.1 Å². The molecule has 0 amide bonds. The number of carbonyl (C=O) groups is 1. The lowest BCUT2D eigenvalue weighted by Gasteiger charge is -2.05. The molecule has 1 aromatic heterocycles. The summed E-state index contributed by atoms with van der Waals surface area (Å²) in [5.41, 5.74) is 1.09. The zero-order chi connectivity index (χ0) is 13.1. The highest BCUT2D eigenvalue weighted by Crippen LogP contribution is 2.19. The molecule has 0 aliphatic heterocycles. The maximum absolute atomic E-state index is 11.3. The lowest BCUT2D eigenvalue weighted by atomic mass is 10.3. The van der Waals surface area contributed by atoms with Gasteiger partial charge in [0.2, 0.25) is 0 Å². The molecule has 1 heterocycles. The maximum atomic E-state index is 11.3. The van der Waals surface area contributed by atoms with E-state index in [2.05, 4.69) is 0 Å². The first kappa shape index (κ1) is 12.2. The fourth-order valence-corrected chi connectivity index (χ4v) is 1.54. The van der Waals surface area contributed by atoms with Crippen LogP contribution >= 0.6 is 0 Å². The highest BCUT2D eigenvalue weighted by molar-refractivity contribution is 5.75. The van der Waals surface area contributed by atoms with Crippen LogP contribution in [0.15, 0.2) is 27.4 Å². The Morgan fingerprint density at radius 3 is 2.94 bits per heavy atom. The van der Waals surface area contributed by atoms with E-state index in [9.17, 15) is 9.59 Å². The first-order valence-corrected chi connectivity index (χ1v) is 5.50. The van der Waals surface area contributed by atoms with Gasteiger partial charge in [-0.05, 0) is 19.1 Å². The second kappa shape index (κ2) is 4.95. The van der Waals surface area contributed by atoms with Crippen molar-refractivity contribution >= 4 is 17.1 Å². The van der Waals surface area contributed by atoms with Crippen LogP contribution < -0.4 is 10.5 Å². The number of benzene rings is 1. The third kappa shape index (κ3) is 2.37. The topological polar surface area (TPSA) is 70.7 Å². The Kier molecular flexibility index (Phi) is 3.36. The van der Waals surface area contributed by atoms with Gasteiger partial charge in [-0.3, -0.25) is 4.57 Å². The SMILES string of the molecule is CCOC(=O)COc1ccc2oc(=O)n(C)c2c1. The van der Waals surface area contributed by atoms with Gasteiger partial charge in [0.1, 0.15) is 5.75 Å². The summed E-state index contributed by atoms with van der Waals surface area (Å²) in [7, 11) is 1.60. The smallest absolute Gasteiger partial charge is 0.419 e. The van der Waals surface area contributed by atoms with Crippen molar-refractivity contribution in [3.05, 3.63) is 28.7 Å². The monoisotopic (exact) mass is 251 g/mol. The molecule has 96 valence electrons. The molecule has 1 aromatic carbocycles. The largest absolute Gasteiger partial charge is 0.482 e. The molecular formula is C12H13NO5. The van der Waals surface area contributed by atoms with Crippen molar-refractivity contribution in [1.29, 1.82) is 0 Å². The standard InChI is InChI=1S/C12H13NO5/c1-3-16-11(14)7-17-8-4-5-10-9(6-8)13(2)12(15)18-10/h4-6H,3,7H2,1-2H3. The minimum atomic E-state index is -0.437. The van der Waals surface area contributed by atoms with Crippen LogP contribution in [0, 0.1) is 0 Å². The van der Waals surface area contributed by atoms with Crippen LogP contribution in [0.3, 0.4) is 0 Å². The Bertz CT molecular complexity index is 625. The van der Waals surface area contributed by atoms with Crippen molar-refractivity contribution in [2.75, 3.05) is 13.2 Å². The van der Waals surface area contributed by atoms with Crippen LogP contribution in [0.5, 0.6) is 5.75 Å². The van der Waals surface area contributed by atoms with E-state index in [0.29, 0.717) is 23.5 Å². The molecule has 2 aromatic rings. The molecule has 0 fully saturated rings. The van der Waals surface area contributed by atoms with E-state index in [1.165, 1.54) is 4.57 Å². The van der Waals surface area contributed by atoms with Gasteiger partial charge < -0.3 is 13.9 Å². The molecular weight excluding hydrogens is 238 g/mol. The van der Waals surface area contributed by atoms with E-state index < -0.39 is 11.7 Å². The predicted octanol–water partition coefficient (Wildman–Crippen LogP) is 1.07. The minimum Gasteiger partial charge on any atom is -0.482 e. The zero-order valence-corrected chi connectivity index (χ0v) is 10.1. The van der Waals surface area contributed by atoms with Gasteiger partial charge in [0.15, 0.2) is 12.2 Å². The van der Waals surface area contributed by atoms with E-state index >= 15 is 0 Å². The normalized spacial score (nSPS) is 10.6. The van der Waals surface area contributed by atoms with Crippen molar-refractivity contribution in [1.82, 2.24) is 4.57 Å². The molecule has 2 rings (SSSR count). The maximum Gasteiger partial charge on any atom is 0.419 e. The number of esters is 1. The average molecular weight is 251 g/mol. The van der Waals surface area contributed by atoms with Crippen LogP contribution in [0.2, 0.25) is 0 Å². The summed E-state index contributed by atoms with van der Waals surface area (Å²) in [6.45, 7) is 1.88. The quantitative estimate of drug-likeness (QED) is 0.760. The number of nitrogens with zero attached hydrogens (tertiary/aromatic N) is 1. The summed E-state index contributed by atoms with van der Waals surface area (Å²) in [5, 5.41) is 0. The molecule has 0 saturated carbocycles. The lowest BCUT2D eigenvalue weighted by Crippen LogP contribution is -2.14. The Balaban J connectivity index is 2.17. The Morgan fingerprint density at radius 2 is 2.22 bits per heavy atom. The molecule has 0 N–H and O–H groups in total. The molecule has 0 saturated heterocycles. The summed E-state index contributed by atoms with van der Waals surface area (Å²) in [6.07, 6.45) is 0. The minimum absolute atomic E-state index is 0.162. The molecule has 6 nitrogen and oxygen atoms in total. The summed E-state index contributed by atoms with van der Waals surface area (Å²) in [6, 6.07) is 4.89. The first-order chi connectivity index (χ1) is 8.61. The second-order valence-corrected chi connectivity index (χ2v) is 3.65. The van der Waals surface area contributed by atoms with Gasteiger partial charge in [-0.1, -0.05) is 0 Å². The molecule has 0 unspecified atom stereocenters. The van der Waals surface area contributed by atoms with Crippen LogP contribution in [0.25, 0.3) is 11.1 Å². The molecule has 0 bridgehead atoms. The lowest BCUT2D eigenvalue weighted by molar-refractivity contribution is -0.145. The number of hydrogen-bond donors (Lipinski definition) is 0. The van der Waals surface area contributed by atoms with E-state index in [0.717, 1.165) is 0 Å². The average Bonchev–Trinajstić information content (AvgIpc) is 2.63. The van der Waals surface area contributed by atoms with E-state index in [4.69, 9.17) is 13.9 Å². The molecule has 0 aliphatic rings. The number of hydrogen-bond acceptors (Lipinski definition) is 5. The summed E-state index contributed by atoms with van der Waals surface area (Å²) in [5.74, 6) is -0.391. The second-order valence-electron chi connectivity index (χ2n) is 3.65. The fourth-order valence-electron chi connectivity index (χ4n) is 1.54. The summed E-state index contributed by atoms with van der Waals surface area (Å²) in [4.78, 5) is 22.4. The highest BCUT2D eigenvalue weighted by atomic mass is 16.6. The number of aryl methyl sites for hydroxylation is 1. The van der Waals surface area contributed by atoms with Gasteiger partial charge in [0.05, 0.1) is 12.1 Å². The van der Waals surface area contributed by atoms with Gasteiger partial charge in [-0.25, -0.2) is 9.59 Å². The van der Waals surface area contributed by atoms with Crippen molar-refractivity contribution in [2.24, 2.45) is 7.05 Å². The van der Waals surface area contributed by atoms with Crippen LogP contribution in [-0.2, 0) is 16.6 Å². The number of fused-ring (bicyclic) bond motifs is 1. The Hall–Kier alpha value is -2.24. The van der Waals surface area contributed by atoms with Gasteiger partial charge >= 0.3 is 11.7 Å². The molecule has 0 aliphatic carbocycles. The summed E-state index contributed by atoms with van der Waals surface area (Å²) < 4.78 is 16.3. The van der Waals surface area contributed by atoms with Gasteiger partial charge in [-0.15, -0.1) is 0 Å². The van der Waals surface area contributed by atoms with E-state index in [-0.39, 0.29) is 6.61 Å². The predicted molar refractivity (Wildman–Crippen MR) is 63.6 cm³/mol. The van der Waals surface area contributed by atoms with Crippen molar-refractivity contribution in [2.45, 2.75) is 6.92 Å².